The average molecular weight is 341 g/mol. The number of carbonyl (C=O) groups is 3. The molecule has 0 bridgehead atoms. The lowest BCUT2D eigenvalue weighted by Gasteiger charge is -2.19. The normalized spacial score (nSPS) is 12.1. The van der Waals surface area contributed by atoms with E-state index in [-0.39, 0.29) is 12.0 Å². The third kappa shape index (κ3) is 6.76. The Labute approximate surface area is 108 Å². The van der Waals surface area contributed by atoms with Gasteiger partial charge in [-0.2, -0.15) is 0 Å². The van der Waals surface area contributed by atoms with E-state index in [4.69, 9.17) is 4.74 Å². The Kier molecular flexibility index (Phi) is 7.27. The lowest BCUT2D eigenvalue weighted by Crippen LogP contribution is -2.30. The highest BCUT2D eigenvalue weighted by Gasteiger charge is 2.18. The molecule has 1 unspecified atom stereocenters. The van der Waals surface area contributed by atoms with Crippen LogP contribution in [0.25, 0.3) is 0 Å². The van der Waals surface area contributed by atoms with Crippen molar-refractivity contribution < 1.29 is 19.1 Å². The molecule has 1 N–H and O–H groups in total. The van der Waals surface area contributed by atoms with Crippen LogP contribution in [0, 0.1) is 5.92 Å². The first-order valence-electron chi connectivity index (χ1n) is 5.05. The zero-order valence-corrected chi connectivity index (χ0v) is 11.7. The van der Waals surface area contributed by atoms with Gasteiger partial charge in [-0.15, -0.1) is 0 Å². The van der Waals surface area contributed by atoms with Crippen LogP contribution >= 0.6 is 22.6 Å². The summed E-state index contributed by atoms with van der Waals surface area (Å²) in [7, 11) is 0. The van der Waals surface area contributed by atoms with Crippen molar-refractivity contribution in [2.45, 2.75) is 39.7 Å². The van der Waals surface area contributed by atoms with E-state index in [9.17, 15) is 14.4 Å². The lowest BCUT2D eigenvalue weighted by molar-refractivity contribution is -0.153. The van der Waals surface area contributed by atoms with Gasteiger partial charge in [-0.3, -0.25) is 19.7 Å². The molecule has 16 heavy (non-hydrogen) atoms. The SMILES string of the molecule is CCC(OC(=O)CC(=O)NC(=O)I)C(C)C. The number of hydrogen-bond acceptors (Lipinski definition) is 4. The molecule has 92 valence electrons. The van der Waals surface area contributed by atoms with Gasteiger partial charge in [-0.05, 0) is 12.3 Å². The van der Waals surface area contributed by atoms with Gasteiger partial charge in [0, 0.05) is 22.6 Å². The summed E-state index contributed by atoms with van der Waals surface area (Å²) in [6.45, 7) is 5.79. The van der Waals surface area contributed by atoms with E-state index < -0.39 is 22.2 Å². The second-order valence-corrected chi connectivity index (χ2v) is 4.66. The summed E-state index contributed by atoms with van der Waals surface area (Å²) in [5.74, 6) is -1.03. The summed E-state index contributed by atoms with van der Waals surface area (Å²) in [6, 6.07) is 0. The van der Waals surface area contributed by atoms with E-state index in [0.29, 0.717) is 6.42 Å². The Hall–Kier alpha value is -0.660. The summed E-state index contributed by atoms with van der Waals surface area (Å²) < 4.78 is 4.59. The molecule has 0 aromatic heterocycles. The molecule has 0 saturated carbocycles. The summed E-state index contributed by atoms with van der Waals surface area (Å²) in [6.07, 6.45) is 0.101. The summed E-state index contributed by atoms with van der Waals surface area (Å²) in [5, 5.41) is 2.00. The van der Waals surface area contributed by atoms with Crippen molar-refractivity contribution >= 4 is 38.4 Å². The molecule has 0 aromatic carbocycles. The number of nitrogens with one attached hydrogen (secondary N) is 1. The highest BCUT2D eigenvalue weighted by Crippen LogP contribution is 2.11. The molecular weight excluding hydrogens is 325 g/mol. The number of rotatable bonds is 5. The summed E-state index contributed by atoms with van der Waals surface area (Å²) >= 11 is 1.42. The third-order valence-electron chi connectivity index (χ3n) is 1.97. The minimum atomic E-state index is -0.636. The standard InChI is InChI=1S/C10H16INO4/c1-4-7(6(2)3)16-9(14)5-8(13)12-10(11)15/h6-7H,4-5H2,1-3H3,(H,12,13,15). The van der Waals surface area contributed by atoms with Crippen molar-refractivity contribution in [1.29, 1.82) is 0 Å². The van der Waals surface area contributed by atoms with Crippen LogP contribution in [0.5, 0.6) is 0 Å². The van der Waals surface area contributed by atoms with Gasteiger partial charge < -0.3 is 4.74 Å². The van der Waals surface area contributed by atoms with Crippen molar-refractivity contribution in [3.63, 3.8) is 0 Å². The van der Waals surface area contributed by atoms with Crippen LogP contribution in [-0.4, -0.2) is 21.9 Å². The zero-order chi connectivity index (χ0) is 12.7. The lowest BCUT2D eigenvalue weighted by atomic mass is 10.1. The fourth-order valence-electron chi connectivity index (χ4n) is 1.19. The Morgan fingerprint density at radius 3 is 2.25 bits per heavy atom. The predicted octanol–water partition coefficient (Wildman–Crippen LogP) is 2.03. The minimum absolute atomic E-state index is 0.185. The largest absolute Gasteiger partial charge is 0.462 e. The maximum absolute atomic E-state index is 11.3. The molecule has 0 aliphatic carbocycles. The first-order valence-corrected chi connectivity index (χ1v) is 6.13. The number of ether oxygens (including phenoxy) is 1. The second-order valence-electron chi connectivity index (χ2n) is 3.68. The van der Waals surface area contributed by atoms with Crippen molar-refractivity contribution in [3.8, 4) is 0 Å². The first kappa shape index (κ1) is 15.3. The van der Waals surface area contributed by atoms with E-state index in [2.05, 4.69) is 0 Å². The van der Waals surface area contributed by atoms with E-state index in [1.165, 1.54) is 22.6 Å². The molecule has 1 atom stereocenters. The van der Waals surface area contributed by atoms with Gasteiger partial charge in [-0.1, -0.05) is 20.8 Å². The van der Waals surface area contributed by atoms with Crippen molar-refractivity contribution in [1.82, 2.24) is 5.32 Å². The van der Waals surface area contributed by atoms with Gasteiger partial charge in [0.25, 0.3) is 3.91 Å². The molecule has 0 rings (SSSR count). The average Bonchev–Trinajstić information content (AvgIpc) is 2.11. The Bertz CT molecular complexity index is 278. The molecule has 0 aliphatic rings. The second kappa shape index (κ2) is 7.59. The van der Waals surface area contributed by atoms with E-state index >= 15 is 0 Å². The topological polar surface area (TPSA) is 72.5 Å². The van der Waals surface area contributed by atoms with Crippen molar-refractivity contribution in [2.24, 2.45) is 5.92 Å². The molecule has 0 radical (unpaired) electrons. The fourth-order valence-corrected chi connectivity index (χ4v) is 1.49. The quantitative estimate of drug-likeness (QED) is 0.273. The van der Waals surface area contributed by atoms with Crippen LogP contribution in [0.4, 0.5) is 4.79 Å². The Morgan fingerprint density at radius 2 is 1.88 bits per heavy atom. The number of carbonyl (C=O) groups excluding carboxylic acids is 3. The molecule has 0 saturated heterocycles. The Balaban J connectivity index is 4.07. The molecule has 0 spiro atoms. The fraction of sp³-hybridized carbons (Fsp3) is 0.700. The molecule has 0 aliphatic heterocycles. The molecule has 5 nitrogen and oxygen atoms in total. The number of esters is 1. The minimum Gasteiger partial charge on any atom is -0.462 e. The molecule has 0 fully saturated rings. The number of amides is 2. The highest BCUT2D eigenvalue weighted by atomic mass is 127. The van der Waals surface area contributed by atoms with Crippen LogP contribution in [0.15, 0.2) is 0 Å². The van der Waals surface area contributed by atoms with E-state index in [0.717, 1.165) is 0 Å². The van der Waals surface area contributed by atoms with Gasteiger partial charge in [0.15, 0.2) is 0 Å². The molecular formula is C10H16INO4. The monoisotopic (exact) mass is 341 g/mol. The van der Waals surface area contributed by atoms with E-state index in [1.807, 2.05) is 26.1 Å². The van der Waals surface area contributed by atoms with Gasteiger partial charge in [-0.25, -0.2) is 0 Å². The van der Waals surface area contributed by atoms with Gasteiger partial charge in [0.1, 0.15) is 12.5 Å². The van der Waals surface area contributed by atoms with Gasteiger partial charge in [0.05, 0.1) is 0 Å². The highest BCUT2D eigenvalue weighted by molar-refractivity contribution is 14.1. The van der Waals surface area contributed by atoms with Crippen LogP contribution in [0.1, 0.15) is 33.6 Å². The first-order chi connectivity index (χ1) is 7.36. The molecule has 0 heterocycles. The predicted molar refractivity (Wildman–Crippen MR) is 67.2 cm³/mol. The van der Waals surface area contributed by atoms with Crippen LogP contribution in [-0.2, 0) is 14.3 Å². The maximum Gasteiger partial charge on any atom is 0.315 e. The zero-order valence-electron chi connectivity index (χ0n) is 9.58. The number of imide groups is 1. The molecule has 2 amide bonds. The van der Waals surface area contributed by atoms with E-state index in [1.54, 1.807) is 0 Å². The van der Waals surface area contributed by atoms with Crippen molar-refractivity contribution in [2.75, 3.05) is 0 Å². The van der Waals surface area contributed by atoms with Gasteiger partial charge in [0.2, 0.25) is 5.91 Å². The smallest absolute Gasteiger partial charge is 0.315 e. The van der Waals surface area contributed by atoms with Crippen LogP contribution in [0.2, 0.25) is 0 Å². The third-order valence-corrected chi connectivity index (χ3v) is 2.24. The maximum atomic E-state index is 11.3. The van der Waals surface area contributed by atoms with Crippen molar-refractivity contribution in [3.05, 3.63) is 0 Å². The number of halogens is 1. The van der Waals surface area contributed by atoms with Crippen LogP contribution < -0.4 is 5.32 Å². The van der Waals surface area contributed by atoms with Crippen LogP contribution in [0.3, 0.4) is 0 Å². The summed E-state index contributed by atoms with van der Waals surface area (Å²) in [4.78, 5) is 32.9. The molecule has 0 aromatic rings. The molecule has 6 heteroatoms. The summed E-state index contributed by atoms with van der Waals surface area (Å²) in [5.41, 5.74) is 0. The van der Waals surface area contributed by atoms with Gasteiger partial charge >= 0.3 is 5.97 Å². The Morgan fingerprint density at radius 1 is 1.31 bits per heavy atom. The number of hydrogen-bond donors (Lipinski definition) is 1.